The molecule has 5 nitrogen and oxygen atoms in total. The minimum Gasteiger partial charge on any atom is -0.435 e. The van der Waals surface area contributed by atoms with Crippen LogP contribution in [0.5, 0.6) is 5.75 Å². The van der Waals surface area contributed by atoms with E-state index in [1.54, 1.807) is 0 Å². The standard InChI is InChI=1S/C17H16F2N2O3/c18-16(19)24-12-7-5-11(6-8-12)20-17(23)21-15-13-4-2-1-3-10(13)9-14(15)22/h1-8,14-16,22H,9H2,(H2,20,21,23)/t14-,15+/m1/s1. The van der Waals surface area contributed by atoms with Gasteiger partial charge >= 0.3 is 12.6 Å². The number of hydrogen-bond acceptors (Lipinski definition) is 3. The summed E-state index contributed by atoms with van der Waals surface area (Å²) in [6, 6.07) is 12.1. The van der Waals surface area contributed by atoms with Crippen molar-refractivity contribution < 1.29 is 23.4 Å². The van der Waals surface area contributed by atoms with Crippen LogP contribution in [0.3, 0.4) is 0 Å². The number of aliphatic hydroxyl groups excluding tert-OH is 1. The fraction of sp³-hybridized carbons (Fsp3) is 0.235. The highest BCUT2D eigenvalue weighted by molar-refractivity contribution is 5.89. The molecule has 0 fully saturated rings. The van der Waals surface area contributed by atoms with Crippen LogP contribution in [0.2, 0.25) is 0 Å². The van der Waals surface area contributed by atoms with Gasteiger partial charge in [-0.3, -0.25) is 0 Å². The minimum absolute atomic E-state index is 0.0103. The Morgan fingerprint density at radius 3 is 2.58 bits per heavy atom. The van der Waals surface area contributed by atoms with Crippen LogP contribution in [0.1, 0.15) is 17.2 Å². The number of fused-ring (bicyclic) bond motifs is 1. The highest BCUT2D eigenvalue weighted by Gasteiger charge is 2.31. The van der Waals surface area contributed by atoms with Crippen LogP contribution in [0.25, 0.3) is 0 Å². The molecule has 1 aliphatic carbocycles. The lowest BCUT2D eigenvalue weighted by Gasteiger charge is -2.18. The smallest absolute Gasteiger partial charge is 0.387 e. The van der Waals surface area contributed by atoms with Gasteiger partial charge in [-0.25, -0.2) is 4.79 Å². The van der Waals surface area contributed by atoms with E-state index < -0.39 is 24.8 Å². The van der Waals surface area contributed by atoms with Crippen LogP contribution in [0, 0.1) is 0 Å². The van der Waals surface area contributed by atoms with Gasteiger partial charge in [0.1, 0.15) is 5.75 Å². The third-order valence-corrected chi connectivity index (χ3v) is 3.83. The third-order valence-electron chi connectivity index (χ3n) is 3.83. The van der Waals surface area contributed by atoms with Crippen LogP contribution in [0.4, 0.5) is 19.3 Å². The van der Waals surface area contributed by atoms with Crippen molar-refractivity contribution in [3.8, 4) is 5.75 Å². The molecule has 0 radical (unpaired) electrons. The van der Waals surface area contributed by atoms with Crippen LogP contribution < -0.4 is 15.4 Å². The normalized spacial score (nSPS) is 19.0. The van der Waals surface area contributed by atoms with Crippen molar-refractivity contribution in [1.82, 2.24) is 5.32 Å². The maximum atomic E-state index is 12.1. The van der Waals surface area contributed by atoms with Crippen LogP contribution in [-0.2, 0) is 6.42 Å². The summed E-state index contributed by atoms with van der Waals surface area (Å²) in [5.41, 5.74) is 2.32. The molecule has 2 amide bonds. The van der Waals surface area contributed by atoms with Crippen molar-refractivity contribution in [2.45, 2.75) is 25.2 Å². The summed E-state index contributed by atoms with van der Waals surface area (Å²) < 4.78 is 28.4. The molecule has 0 saturated heterocycles. The van der Waals surface area contributed by atoms with E-state index in [0.29, 0.717) is 12.1 Å². The molecule has 126 valence electrons. The van der Waals surface area contributed by atoms with Gasteiger partial charge < -0.3 is 20.5 Å². The average Bonchev–Trinajstić information content (AvgIpc) is 2.85. The van der Waals surface area contributed by atoms with E-state index in [1.807, 2.05) is 24.3 Å². The number of hydrogen-bond donors (Lipinski definition) is 3. The molecule has 2 aromatic rings. The van der Waals surface area contributed by atoms with Crippen molar-refractivity contribution in [3.05, 3.63) is 59.7 Å². The summed E-state index contributed by atoms with van der Waals surface area (Å²) in [5.74, 6) is 0.0103. The van der Waals surface area contributed by atoms with Gasteiger partial charge in [-0.05, 0) is 35.4 Å². The molecule has 0 aliphatic heterocycles. The fourth-order valence-corrected chi connectivity index (χ4v) is 2.78. The molecule has 3 N–H and O–H groups in total. The van der Waals surface area contributed by atoms with E-state index in [0.717, 1.165) is 11.1 Å². The van der Waals surface area contributed by atoms with E-state index in [1.165, 1.54) is 24.3 Å². The van der Waals surface area contributed by atoms with Gasteiger partial charge in [0.15, 0.2) is 0 Å². The largest absolute Gasteiger partial charge is 0.435 e. The molecular formula is C17H16F2N2O3. The molecular weight excluding hydrogens is 318 g/mol. The number of aliphatic hydroxyl groups is 1. The first-order valence-corrected chi connectivity index (χ1v) is 7.41. The number of anilines is 1. The number of ether oxygens (including phenoxy) is 1. The number of nitrogens with one attached hydrogen (secondary N) is 2. The third kappa shape index (κ3) is 3.62. The lowest BCUT2D eigenvalue weighted by Crippen LogP contribution is -2.36. The average molecular weight is 334 g/mol. The first-order chi connectivity index (χ1) is 11.5. The lowest BCUT2D eigenvalue weighted by atomic mass is 10.1. The molecule has 0 bridgehead atoms. The molecule has 7 heteroatoms. The lowest BCUT2D eigenvalue weighted by molar-refractivity contribution is -0.0498. The molecule has 3 rings (SSSR count). The van der Waals surface area contributed by atoms with E-state index in [-0.39, 0.29) is 5.75 Å². The van der Waals surface area contributed by atoms with Crippen molar-refractivity contribution in [1.29, 1.82) is 0 Å². The Morgan fingerprint density at radius 1 is 1.17 bits per heavy atom. The number of halogens is 2. The second-order valence-corrected chi connectivity index (χ2v) is 5.45. The summed E-state index contributed by atoms with van der Waals surface area (Å²) in [6.45, 7) is -2.89. The zero-order valence-electron chi connectivity index (χ0n) is 12.6. The van der Waals surface area contributed by atoms with Gasteiger partial charge in [0, 0.05) is 12.1 Å². The highest BCUT2D eigenvalue weighted by Crippen LogP contribution is 2.31. The summed E-state index contributed by atoms with van der Waals surface area (Å²) >= 11 is 0. The van der Waals surface area contributed by atoms with Gasteiger partial charge in [-0.15, -0.1) is 0 Å². The van der Waals surface area contributed by atoms with Gasteiger partial charge in [-0.2, -0.15) is 8.78 Å². The number of carbonyl (C=O) groups excluding carboxylic acids is 1. The summed E-state index contributed by atoms with van der Waals surface area (Å²) in [6.07, 6.45) is -0.198. The Morgan fingerprint density at radius 2 is 1.88 bits per heavy atom. The Balaban J connectivity index is 1.62. The zero-order valence-corrected chi connectivity index (χ0v) is 12.6. The van der Waals surface area contributed by atoms with Crippen molar-refractivity contribution in [2.24, 2.45) is 0 Å². The predicted molar refractivity (Wildman–Crippen MR) is 84.1 cm³/mol. The molecule has 0 spiro atoms. The monoisotopic (exact) mass is 334 g/mol. The topological polar surface area (TPSA) is 70.6 Å². The number of carbonyl (C=O) groups is 1. The van der Waals surface area contributed by atoms with E-state index in [4.69, 9.17) is 0 Å². The fourth-order valence-electron chi connectivity index (χ4n) is 2.78. The van der Waals surface area contributed by atoms with E-state index in [9.17, 15) is 18.7 Å². The molecule has 0 saturated carbocycles. The molecule has 2 aromatic carbocycles. The molecule has 2 atom stereocenters. The number of benzene rings is 2. The summed E-state index contributed by atoms with van der Waals surface area (Å²) in [4.78, 5) is 12.1. The van der Waals surface area contributed by atoms with E-state index >= 15 is 0 Å². The summed E-state index contributed by atoms with van der Waals surface area (Å²) in [7, 11) is 0. The molecule has 0 unspecified atom stereocenters. The van der Waals surface area contributed by atoms with Gasteiger partial charge in [0.25, 0.3) is 0 Å². The predicted octanol–water partition coefficient (Wildman–Crippen LogP) is 3.07. The van der Waals surface area contributed by atoms with Crippen LogP contribution in [-0.4, -0.2) is 23.9 Å². The minimum atomic E-state index is -2.89. The van der Waals surface area contributed by atoms with E-state index in [2.05, 4.69) is 15.4 Å². The highest BCUT2D eigenvalue weighted by atomic mass is 19.3. The molecule has 24 heavy (non-hydrogen) atoms. The Bertz CT molecular complexity index is 722. The Labute approximate surface area is 137 Å². The summed E-state index contributed by atoms with van der Waals surface area (Å²) in [5, 5.41) is 15.4. The molecule has 0 aromatic heterocycles. The maximum Gasteiger partial charge on any atom is 0.387 e. The quantitative estimate of drug-likeness (QED) is 0.805. The number of urea groups is 1. The Hall–Kier alpha value is -2.67. The SMILES string of the molecule is O=C(Nc1ccc(OC(F)F)cc1)N[C@H]1c2ccccc2C[C@H]1O. The number of rotatable bonds is 4. The van der Waals surface area contributed by atoms with Crippen LogP contribution >= 0.6 is 0 Å². The van der Waals surface area contributed by atoms with Gasteiger partial charge in [0.2, 0.25) is 0 Å². The first kappa shape index (κ1) is 16.2. The van der Waals surface area contributed by atoms with Crippen molar-refractivity contribution in [2.75, 3.05) is 5.32 Å². The zero-order chi connectivity index (χ0) is 17.1. The van der Waals surface area contributed by atoms with Crippen molar-refractivity contribution >= 4 is 11.7 Å². The second-order valence-electron chi connectivity index (χ2n) is 5.45. The first-order valence-electron chi connectivity index (χ1n) is 7.41. The molecule has 0 heterocycles. The van der Waals surface area contributed by atoms with Crippen LogP contribution in [0.15, 0.2) is 48.5 Å². The van der Waals surface area contributed by atoms with Gasteiger partial charge in [-0.1, -0.05) is 24.3 Å². The van der Waals surface area contributed by atoms with Gasteiger partial charge in [0.05, 0.1) is 12.1 Å². The number of alkyl halides is 2. The molecule has 1 aliphatic rings. The maximum absolute atomic E-state index is 12.1. The Kier molecular flexibility index (Phi) is 4.61. The second kappa shape index (κ2) is 6.84. The van der Waals surface area contributed by atoms with Crippen molar-refractivity contribution in [3.63, 3.8) is 0 Å². The number of amides is 2.